The Bertz CT molecular complexity index is 875. The van der Waals surface area contributed by atoms with Crippen molar-refractivity contribution >= 4 is 11.7 Å². The largest absolute Gasteiger partial charge is 0.512 e. The van der Waals surface area contributed by atoms with Crippen molar-refractivity contribution in [2.45, 2.75) is 63.9 Å². The molecule has 0 saturated heterocycles. The number of esters is 1. The normalized spacial score (nSPS) is 20.4. The molecule has 1 heterocycles. The SMILES string of the molecule is CCC[C@@]1(CCc2ccccc2)CC(O)=C([C@H](CC)c2cccc([NH3+])c2)C(=O)O1. The number of cyclic esters (lactones) is 1. The van der Waals surface area contributed by atoms with E-state index in [2.05, 4.69) is 24.8 Å². The fourth-order valence-electron chi connectivity index (χ4n) is 4.44. The molecule has 29 heavy (non-hydrogen) atoms. The zero-order valence-electron chi connectivity index (χ0n) is 17.5. The summed E-state index contributed by atoms with van der Waals surface area (Å²) in [7, 11) is 0. The molecule has 4 nitrogen and oxygen atoms in total. The molecule has 0 saturated carbocycles. The fraction of sp³-hybridized carbons (Fsp3) is 0.400. The highest BCUT2D eigenvalue weighted by atomic mass is 16.6. The van der Waals surface area contributed by atoms with Crippen LogP contribution in [0.2, 0.25) is 0 Å². The van der Waals surface area contributed by atoms with E-state index in [0.29, 0.717) is 24.8 Å². The molecule has 1 aliphatic heterocycles. The number of hydrogen-bond donors (Lipinski definition) is 2. The second-order valence-electron chi connectivity index (χ2n) is 8.05. The molecule has 2 aromatic carbocycles. The lowest BCUT2D eigenvalue weighted by Crippen LogP contribution is -2.42. The smallest absolute Gasteiger partial charge is 0.338 e. The summed E-state index contributed by atoms with van der Waals surface area (Å²) in [6.07, 6.45) is 4.26. The van der Waals surface area contributed by atoms with E-state index in [-0.39, 0.29) is 17.6 Å². The quantitative estimate of drug-likeness (QED) is 0.620. The number of ether oxygens (including phenoxy) is 1. The third-order valence-electron chi connectivity index (χ3n) is 5.86. The second-order valence-corrected chi connectivity index (χ2v) is 8.05. The van der Waals surface area contributed by atoms with E-state index in [0.717, 1.165) is 30.5 Å². The molecule has 0 aromatic heterocycles. The van der Waals surface area contributed by atoms with Crippen LogP contribution < -0.4 is 5.73 Å². The van der Waals surface area contributed by atoms with E-state index in [9.17, 15) is 9.90 Å². The van der Waals surface area contributed by atoms with Crippen LogP contribution in [0.25, 0.3) is 0 Å². The molecule has 3 rings (SSSR count). The average Bonchev–Trinajstić information content (AvgIpc) is 2.70. The first-order chi connectivity index (χ1) is 14.0. The van der Waals surface area contributed by atoms with Gasteiger partial charge >= 0.3 is 5.97 Å². The second kappa shape index (κ2) is 9.27. The molecule has 0 aliphatic carbocycles. The monoisotopic (exact) mass is 394 g/mol. The highest BCUT2D eigenvalue weighted by Gasteiger charge is 2.43. The lowest BCUT2D eigenvalue weighted by atomic mass is 9.80. The number of aliphatic hydroxyl groups excluding tert-OH is 1. The Hall–Kier alpha value is -2.59. The highest BCUT2D eigenvalue weighted by Crippen LogP contribution is 2.41. The van der Waals surface area contributed by atoms with Crippen molar-refractivity contribution in [2.24, 2.45) is 0 Å². The van der Waals surface area contributed by atoms with Crippen LogP contribution in [0, 0.1) is 0 Å². The van der Waals surface area contributed by atoms with Crippen LogP contribution in [-0.2, 0) is 16.0 Å². The van der Waals surface area contributed by atoms with E-state index >= 15 is 0 Å². The number of aryl methyl sites for hydroxylation is 1. The summed E-state index contributed by atoms with van der Waals surface area (Å²) in [5.41, 5.74) is 6.86. The van der Waals surface area contributed by atoms with Gasteiger partial charge in [0.25, 0.3) is 0 Å². The molecule has 0 radical (unpaired) electrons. The molecule has 0 unspecified atom stereocenters. The minimum Gasteiger partial charge on any atom is -0.512 e. The van der Waals surface area contributed by atoms with Crippen molar-refractivity contribution in [3.8, 4) is 0 Å². The molecule has 154 valence electrons. The number of benzene rings is 2. The lowest BCUT2D eigenvalue weighted by molar-refractivity contribution is -0.254. The Morgan fingerprint density at radius 1 is 1.10 bits per heavy atom. The third kappa shape index (κ3) is 4.88. The molecule has 4 N–H and O–H groups in total. The van der Waals surface area contributed by atoms with Gasteiger partial charge in [-0.05, 0) is 42.9 Å². The number of rotatable bonds is 8. The van der Waals surface area contributed by atoms with Gasteiger partial charge in [-0.1, -0.05) is 62.7 Å². The fourth-order valence-corrected chi connectivity index (χ4v) is 4.44. The molecular formula is C25H32NO3+. The van der Waals surface area contributed by atoms with Gasteiger partial charge in [-0.15, -0.1) is 0 Å². The van der Waals surface area contributed by atoms with Gasteiger partial charge in [0.1, 0.15) is 17.0 Å². The highest BCUT2D eigenvalue weighted by molar-refractivity contribution is 5.92. The Morgan fingerprint density at radius 3 is 2.48 bits per heavy atom. The van der Waals surface area contributed by atoms with Crippen LogP contribution in [0.5, 0.6) is 0 Å². The van der Waals surface area contributed by atoms with Gasteiger partial charge in [0.05, 0.1) is 5.57 Å². The van der Waals surface area contributed by atoms with Crippen molar-refractivity contribution in [3.05, 3.63) is 77.1 Å². The molecule has 2 atom stereocenters. The van der Waals surface area contributed by atoms with Gasteiger partial charge in [-0.2, -0.15) is 0 Å². The zero-order valence-corrected chi connectivity index (χ0v) is 17.5. The summed E-state index contributed by atoms with van der Waals surface area (Å²) >= 11 is 0. The van der Waals surface area contributed by atoms with Gasteiger partial charge in [0.2, 0.25) is 0 Å². The van der Waals surface area contributed by atoms with Crippen molar-refractivity contribution in [1.29, 1.82) is 0 Å². The van der Waals surface area contributed by atoms with Crippen LogP contribution in [0.15, 0.2) is 65.9 Å². The van der Waals surface area contributed by atoms with Crippen molar-refractivity contribution in [2.75, 3.05) is 0 Å². The predicted octanol–water partition coefficient (Wildman–Crippen LogP) is 4.98. The maximum Gasteiger partial charge on any atom is 0.338 e. The number of quaternary nitrogens is 1. The topological polar surface area (TPSA) is 74.2 Å². The number of carbonyl (C=O) groups excluding carboxylic acids is 1. The zero-order chi connectivity index (χ0) is 20.9. The summed E-state index contributed by atoms with van der Waals surface area (Å²) in [6.45, 7) is 4.11. The van der Waals surface area contributed by atoms with Crippen molar-refractivity contribution in [3.63, 3.8) is 0 Å². The Morgan fingerprint density at radius 2 is 1.86 bits per heavy atom. The maximum atomic E-state index is 13.1. The lowest BCUT2D eigenvalue weighted by Gasteiger charge is -2.38. The molecule has 4 heteroatoms. The van der Waals surface area contributed by atoms with Crippen molar-refractivity contribution in [1.82, 2.24) is 0 Å². The minimum absolute atomic E-state index is 0.182. The Balaban J connectivity index is 1.87. The van der Waals surface area contributed by atoms with E-state index in [1.807, 2.05) is 49.4 Å². The Kier molecular flexibility index (Phi) is 6.75. The first-order valence-corrected chi connectivity index (χ1v) is 10.6. The van der Waals surface area contributed by atoms with Gasteiger partial charge in [-0.3, -0.25) is 0 Å². The van der Waals surface area contributed by atoms with Gasteiger partial charge in [-0.25, -0.2) is 4.79 Å². The summed E-state index contributed by atoms with van der Waals surface area (Å²) in [5.74, 6) is -0.376. The maximum absolute atomic E-state index is 13.1. The average molecular weight is 395 g/mol. The molecule has 0 spiro atoms. The molecule has 0 bridgehead atoms. The summed E-state index contributed by atoms with van der Waals surface area (Å²) in [4.78, 5) is 13.1. The summed E-state index contributed by atoms with van der Waals surface area (Å²) < 4.78 is 6.08. The molecule has 0 fully saturated rings. The van der Waals surface area contributed by atoms with Gasteiger partial charge in [0, 0.05) is 18.4 Å². The first-order valence-electron chi connectivity index (χ1n) is 10.6. The standard InChI is InChI=1S/C25H31NO3/c1-3-14-25(15-13-18-9-6-5-7-10-18)17-22(27)23(24(28)29-25)21(4-2)19-11-8-12-20(26)16-19/h5-12,16,21,27H,3-4,13-15,17,26H2,1-2H3/p+1/t21-,25-/m1/s1. The number of carbonyl (C=O) groups is 1. The minimum atomic E-state index is -0.637. The van der Waals surface area contributed by atoms with Crippen LogP contribution in [0.4, 0.5) is 5.69 Å². The van der Waals surface area contributed by atoms with Crippen LogP contribution in [0.1, 0.15) is 63.0 Å². The summed E-state index contributed by atoms with van der Waals surface area (Å²) in [6, 6.07) is 18.0. The molecule has 0 amide bonds. The molecular weight excluding hydrogens is 362 g/mol. The summed E-state index contributed by atoms with van der Waals surface area (Å²) in [5, 5.41) is 11.0. The van der Waals surface area contributed by atoms with Crippen LogP contribution >= 0.6 is 0 Å². The van der Waals surface area contributed by atoms with Crippen LogP contribution in [-0.4, -0.2) is 16.7 Å². The van der Waals surface area contributed by atoms with Gasteiger partial charge in [0.15, 0.2) is 0 Å². The Labute approximate surface area is 173 Å². The molecule has 2 aromatic rings. The van der Waals surface area contributed by atoms with Crippen LogP contribution in [0.3, 0.4) is 0 Å². The van der Waals surface area contributed by atoms with Gasteiger partial charge < -0.3 is 15.6 Å². The predicted molar refractivity (Wildman–Crippen MR) is 115 cm³/mol. The number of hydrogen-bond acceptors (Lipinski definition) is 3. The van der Waals surface area contributed by atoms with E-state index in [1.165, 1.54) is 5.56 Å². The first kappa shape index (κ1) is 21.1. The molecule has 1 aliphatic rings. The van der Waals surface area contributed by atoms with E-state index in [1.54, 1.807) is 0 Å². The third-order valence-corrected chi connectivity index (χ3v) is 5.86. The number of aliphatic hydroxyl groups is 1. The van der Waals surface area contributed by atoms with E-state index in [4.69, 9.17) is 4.74 Å². The van der Waals surface area contributed by atoms with E-state index < -0.39 is 5.60 Å². The van der Waals surface area contributed by atoms with Crippen molar-refractivity contribution < 1.29 is 20.4 Å².